The fourth-order valence-electron chi connectivity index (χ4n) is 15.3. The number of rotatable bonds is 48. The summed E-state index contributed by atoms with van der Waals surface area (Å²) >= 11 is 0. The highest BCUT2D eigenvalue weighted by Gasteiger charge is 2.51. The van der Waals surface area contributed by atoms with E-state index in [-0.39, 0.29) is 211 Å². The fraction of sp³-hybridized carbons (Fsp3) is 0.500. The van der Waals surface area contributed by atoms with Crippen molar-refractivity contribution in [3.8, 4) is 34.5 Å². The Bertz CT molecular complexity index is 4970. The topological polar surface area (TPSA) is 613 Å². The minimum absolute atomic E-state index is 0.00643. The maximum Gasteiger partial charge on any atom is 0.416 e. The van der Waals surface area contributed by atoms with Crippen LogP contribution in [-0.4, -0.2) is 338 Å². The molecule has 133 heavy (non-hydrogen) atoms. The Morgan fingerprint density at radius 1 is 0.534 bits per heavy atom. The van der Waals surface area contributed by atoms with Crippen molar-refractivity contribution in [1.29, 1.82) is 0 Å². The second-order valence-corrected chi connectivity index (χ2v) is 31.6. The van der Waals surface area contributed by atoms with E-state index in [2.05, 4.69) is 28.6 Å². The Morgan fingerprint density at radius 3 is 1.62 bits per heavy atom. The van der Waals surface area contributed by atoms with E-state index in [0.717, 1.165) is 9.80 Å². The third-order valence-corrected chi connectivity index (χ3v) is 21.9. The molecule has 6 aliphatic heterocycles. The van der Waals surface area contributed by atoms with Crippen LogP contribution in [-0.2, 0) is 97.8 Å². The van der Waals surface area contributed by atoms with Crippen LogP contribution < -0.4 is 54.8 Å². The van der Waals surface area contributed by atoms with Gasteiger partial charge in [-0.3, -0.25) is 33.6 Å². The van der Waals surface area contributed by atoms with Crippen LogP contribution >= 0.6 is 0 Å². The summed E-state index contributed by atoms with van der Waals surface area (Å²) in [5.74, 6) is -2.66. The minimum atomic E-state index is -2.08. The Morgan fingerprint density at radius 2 is 1.05 bits per heavy atom. The number of aliphatic carboxylic acids is 3. The van der Waals surface area contributed by atoms with Crippen LogP contribution in [0.15, 0.2) is 103 Å². The summed E-state index contributed by atoms with van der Waals surface area (Å²) in [6.45, 7) is 7.78. The number of hydrogen-bond acceptors (Lipinski definition) is 36. The lowest BCUT2D eigenvalue weighted by molar-refractivity contribution is -0.271. The van der Waals surface area contributed by atoms with E-state index in [9.17, 15) is 93.9 Å². The first-order valence-corrected chi connectivity index (χ1v) is 42.3. The first kappa shape index (κ1) is 102. The molecule has 0 aliphatic carbocycles. The Kier molecular flexibility index (Phi) is 36.8. The maximum atomic E-state index is 15.0. The number of Topliss-reactive ketones (excluding diaryl/α,β-unsaturated/α-hetero) is 1. The summed E-state index contributed by atoms with van der Waals surface area (Å²) in [5.41, 5.74) is 1.82. The number of anilines is 2. The molecular formula is C88H109N7O38. The Balaban J connectivity index is 0.845. The number of ether oxygens (including phenoxy) is 16. The van der Waals surface area contributed by atoms with Crippen molar-refractivity contribution in [3.63, 3.8) is 0 Å². The van der Waals surface area contributed by atoms with E-state index >= 15 is 0 Å². The number of nitrogens with two attached hydrogens (primary N) is 1. The van der Waals surface area contributed by atoms with E-state index in [0.29, 0.717) is 34.3 Å². The van der Waals surface area contributed by atoms with Crippen LogP contribution in [0.4, 0.5) is 21.0 Å². The lowest BCUT2D eigenvalue weighted by atomic mass is 9.99. The highest BCUT2D eigenvalue weighted by molar-refractivity contribution is 6.07. The Hall–Kier alpha value is -11.8. The fourth-order valence-corrected chi connectivity index (χ4v) is 15.3. The van der Waals surface area contributed by atoms with E-state index in [4.69, 9.17) is 91.9 Å². The molecule has 0 bridgehead atoms. The number of methoxy groups -OCH3 is 2. The molecule has 4 fully saturated rings. The van der Waals surface area contributed by atoms with Crippen LogP contribution in [0.25, 0.3) is 0 Å². The molecule has 13 atom stereocenters. The van der Waals surface area contributed by atoms with Gasteiger partial charge in [-0.15, -0.1) is 0 Å². The monoisotopic (exact) mass is 1870 g/mol. The molecule has 4 saturated heterocycles. The summed E-state index contributed by atoms with van der Waals surface area (Å²) in [5, 5.41) is 121. The zero-order chi connectivity index (χ0) is 95.9. The predicted octanol–water partition coefficient (Wildman–Crippen LogP) is 0.868. The van der Waals surface area contributed by atoms with Gasteiger partial charge in [-0.2, -0.15) is 0 Å². The summed E-state index contributed by atoms with van der Waals surface area (Å²) in [7, 11) is 2.78. The summed E-state index contributed by atoms with van der Waals surface area (Å²) in [4.78, 5) is 143. The number of aliphatic hydroxyl groups is 8. The molecule has 6 amide bonds. The maximum absolute atomic E-state index is 15.0. The molecule has 45 heteroatoms. The van der Waals surface area contributed by atoms with Crippen molar-refractivity contribution < 1.29 is 185 Å². The number of hydrogen-bond donors (Lipinski definition) is 14. The number of carboxylic acid groups (broad SMARTS) is 3. The van der Waals surface area contributed by atoms with Gasteiger partial charge in [0.1, 0.15) is 99.3 Å². The summed E-state index contributed by atoms with van der Waals surface area (Å²) in [6.07, 6.45) is -23.3. The highest BCUT2D eigenvalue weighted by atomic mass is 16.7. The van der Waals surface area contributed by atoms with Gasteiger partial charge in [-0.25, -0.2) is 30.1 Å². The van der Waals surface area contributed by atoms with Gasteiger partial charge in [-0.1, -0.05) is 36.4 Å². The highest BCUT2D eigenvalue weighted by Crippen LogP contribution is 2.45. The van der Waals surface area contributed by atoms with Gasteiger partial charge in [-0.05, 0) is 109 Å². The van der Waals surface area contributed by atoms with E-state index in [1.165, 1.54) is 84.7 Å². The van der Waals surface area contributed by atoms with E-state index in [1.54, 1.807) is 25.1 Å². The number of benzene rings is 5. The van der Waals surface area contributed by atoms with Crippen LogP contribution in [0.1, 0.15) is 108 Å². The second kappa shape index (κ2) is 48.2. The zero-order valence-electron chi connectivity index (χ0n) is 72.9. The average Bonchev–Trinajstić information content (AvgIpc) is 1.61. The van der Waals surface area contributed by atoms with Crippen LogP contribution in [0.5, 0.6) is 34.5 Å². The van der Waals surface area contributed by atoms with Crippen molar-refractivity contribution in [2.45, 2.75) is 158 Å². The van der Waals surface area contributed by atoms with Gasteiger partial charge in [0.05, 0.1) is 138 Å². The van der Waals surface area contributed by atoms with Gasteiger partial charge in [0.25, 0.3) is 17.7 Å². The molecule has 0 aromatic heterocycles. The lowest BCUT2D eigenvalue weighted by Gasteiger charge is -2.38. The third-order valence-electron chi connectivity index (χ3n) is 21.9. The smallest absolute Gasteiger partial charge is 0.416 e. The molecule has 0 radical (unpaired) electrons. The van der Waals surface area contributed by atoms with Crippen LogP contribution in [0, 0.1) is 6.92 Å². The average molecular weight is 1870 g/mol. The number of carboxylic acids is 3. The third kappa shape index (κ3) is 26.6. The molecule has 5 aromatic carbocycles. The number of nitrogens with zero attached hydrogens (tertiary/aromatic N) is 4. The zero-order valence-corrected chi connectivity index (χ0v) is 72.9. The molecule has 15 N–H and O–H groups in total. The number of fused-ring (bicyclic) bond motifs is 4. The van der Waals surface area contributed by atoms with Crippen molar-refractivity contribution in [2.75, 3.05) is 136 Å². The van der Waals surface area contributed by atoms with E-state index < -0.39 is 185 Å². The molecule has 45 nitrogen and oxygen atoms in total. The minimum Gasteiger partial charge on any atom is -0.493 e. The molecule has 6 aliphatic rings. The Labute approximate surface area is 760 Å². The molecule has 724 valence electrons. The van der Waals surface area contributed by atoms with Crippen LogP contribution in [0.2, 0.25) is 0 Å². The first-order chi connectivity index (χ1) is 63.7. The molecule has 0 saturated carbocycles. The number of carbonyl (C=O) groups excluding carboxylic acids is 7. The van der Waals surface area contributed by atoms with E-state index in [1.807, 2.05) is 0 Å². The summed E-state index contributed by atoms with van der Waals surface area (Å²) < 4.78 is 92.4. The molecular weight excluding hydrogens is 1760 g/mol. The predicted molar refractivity (Wildman–Crippen MR) is 454 cm³/mol. The van der Waals surface area contributed by atoms with Crippen LogP contribution in [0.3, 0.4) is 0 Å². The number of aliphatic hydroxyl groups excluding tert-OH is 8. The lowest BCUT2D eigenvalue weighted by Crippen LogP contribution is -2.61. The number of nitrogens with one attached hydrogen (secondary N) is 2. The van der Waals surface area contributed by atoms with Crippen molar-refractivity contribution >= 4 is 70.9 Å². The van der Waals surface area contributed by atoms with Gasteiger partial charge in [0.2, 0.25) is 18.5 Å². The second-order valence-electron chi connectivity index (χ2n) is 31.6. The summed E-state index contributed by atoms with van der Waals surface area (Å²) in [6, 6.07) is 15.2. The molecule has 11 rings (SSSR count). The molecule has 6 heterocycles. The van der Waals surface area contributed by atoms with Gasteiger partial charge >= 0.3 is 30.1 Å². The first-order valence-electron chi connectivity index (χ1n) is 42.3. The number of amides is 6. The number of carbonyl (C=O) groups is 10. The van der Waals surface area contributed by atoms with Gasteiger partial charge in [0, 0.05) is 57.9 Å². The molecule has 5 aromatic rings. The molecule has 2 unspecified atom stereocenters. The van der Waals surface area contributed by atoms with Crippen molar-refractivity contribution in [3.05, 3.63) is 153 Å². The number of ketones is 1. The van der Waals surface area contributed by atoms with Gasteiger partial charge < -0.3 is 157 Å². The molecule has 0 spiro atoms. The largest absolute Gasteiger partial charge is 0.493 e. The normalized spacial score (nSPS) is 22.1. The standard InChI is InChI=1S/C88H109N7O38/c1-46-25-61-82(111)94(87(115)129-41-50-9-11-66(132-86-77(107)74(104)75(105)78(133-86)84(113)114)58(32-50)79(108)90-12-14-119-15-16-122-22-24-130-89)59-36-67(48(3)27-55(59)80(109)92(61)38-46)125-42-51-28-52(30-54(29-51)124-23-21-121-18-17-120-19-20-123-45-70(98)91-53(33-71(99)100)34-72(101)102)43-126-69-37-60-56(35-68(69)118-5)81(110)93-39-47(2)26-62(93)83(112)95(60)88(116)128-40-49-8-10-65(57(31-49)63(96)7-6-13-117-4)131-85-76(106)73(103)64(97)44-127-85/h8-11,27-32,35-37,53,61-62,64,73-78,82-83,85-86,97,103-107,111-112H,1-2,6-7,12-26,33-34,38-45,89H2,3-5H3,(H,90,108)(H,91,98)(H,99,100)(H,101,102)(H,113,114)/t61-,62-,64+,73-,74-,75-,76+,77+,78-,82?,83?,85-,86-/m0/s1. The van der Waals surface area contributed by atoms with Crippen molar-refractivity contribution in [2.24, 2.45) is 5.90 Å². The van der Waals surface area contributed by atoms with Gasteiger partial charge in [0.15, 0.2) is 35.8 Å². The van der Waals surface area contributed by atoms with Crippen molar-refractivity contribution in [1.82, 2.24) is 20.4 Å². The number of aryl methyl sites for hydroxylation is 1. The quantitative estimate of drug-likeness (QED) is 0.0111. The SMILES string of the molecule is C=C1C[C@H]2C(O)N(C(=O)OCc3ccc(O[C@H]4O[C@H](C(=O)O)[C@@H](O)[C@H](O)[C@H]4O)c(C(=O)NCCOCCOCCON)c3)c3cc(OCc4cc(COc5cc6c(cc5OC)C(=O)N5CC(=C)C[C@H]5C(O)N6C(=O)OCc5ccc(O[C@@H]6OC[C@@H](O)[C@H](O)[C@H]6O)c(C(=O)CCCOC)c5)cc(OCCOCCOCCOCC(=O)NC(CC(=O)O)CC(=O)O)c4)c(C)cc3C(=O)N2C1.